The maximum Gasteiger partial charge on any atom is 0.241 e. The van der Waals surface area contributed by atoms with Crippen molar-refractivity contribution in [2.45, 2.75) is 29.7 Å². The zero-order valence-electron chi connectivity index (χ0n) is 14.1. The first-order chi connectivity index (χ1) is 11.9. The molecule has 1 N–H and O–H groups in total. The van der Waals surface area contributed by atoms with Gasteiger partial charge in [0.1, 0.15) is 0 Å². The van der Waals surface area contributed by atoms with Gasteiger partial charge >= 0.3 is 0 Å². The summed E-state index contributed by atoms with van der Waals surface area (Å²) in [5.74, 6) is 0.858. The summed E-state index contributed by atoms with van der Waals surface area (Å²) in [7, 11) is -0.730. The zero-order chi connectivity index (χ0) is 18.1. The van der Waals surface area contributed by atoms with Crippen molar-refractivity contribution in [1.29, 1.82) is 0 Å². The summed E-state index contributed by atoms with van der Waals surface area (Å²) in [4.78, 5) is 0.144. The molecule has 0 atom stereocenters. The molecule has 5 nitrogen and oxygen atoms in total. The smallest absolute Gasteiger partial charge is 0.241 e. The topological polar surface area (TPSA) is 64.6 Å². The molecule has 0 unspecified atom stereocenters. The van der Waals surface area contributed by atoms with Crippen molar-refractivity contribution in [1.82, 2.24) is 4.72 Å². The number of halogens is 1. The van der Waals surface area contributed by atoms with Crippen LogP contribution in [0.15, 0.2) is 47.4 Å². The average molecular weight is 382 g/mol. The average Bonchev–Trinajstić information content (AvgIpc) is 2.58. The van der Waals surface area contributed by atoms with E-state index in [0.29, 0.717) is 16.5 Å². The SMILES string of the molecule is COc1ccc(S(=O)(=O)NC2(c3ccc(Cl)cc3)CCC2)cc1OC. The van der Waals surface area contributed by atoms with Crippen LogP contribution in [0.25, 0.3) is 0 Å². The molecule has 0 spiro atoms. The van der Waals surface area contributed by atoms with E-state index in [2.05, 4.69) is 4.72 Å². The number of nitrogens with one attached hydrogen (secondary N) is 1. The third-order valence-electron chi connectivity index (χ3n) is 4.60. The lowest BCUT2D eigenvalue weighted by atomic mass is 9.73. The van der Waals surface area contributed by atoms with E-state index in [1.807, 2.05) is 12.1 Å². The summed E-state index contributed by atoms with van der Waals surface area (Å²) in [5, 5.41) is 0.626. The maximum atomic E-state index is 12.9. The summed E-state index contributed by atoms with van der Waals surface area (Å²) >= 11 is 5.95. The van der Waals surface area contributed by atoms with E-state index in [1.54, 1.807) is 18.2 Å². The Balaban J connectivity index is 1.93. The van der Waals surface area contributed by atoms with E-state index in [-0.39, 0.29) is 4.90 Å². The van der Waals surface area contributed by atoms with Crippen molar-refractivity contribution in [3.05, 3.63) is 53.1 Å². The first-order valence-electron chi connectivity index (χ1n) is 7.92. The Labute approximate surface area is 153 Å². The second kappa shape index (κ2) is 6.86. The van der Waals surface area contributed by atoms with Gasteiger partial charge in [-0.25, -0.2) is 13.1 Å². The maximum absolute atomic E-state index is 12.9. The minimum Gasteiger partial charge on any atom is -0.493 e. The second-order valence-electron chi connectivity index (χ2n) is 6.06. The minimum absolute atomic E-state index is 0.144. The Hall–Kier alpha value is -1.76. The van der Waals surface area contributed by atoms with Crippen molar-refractivity contribution in [2.75, 3.05) is 14.2 Å². The lowest BCUT2D eigenvalue weighted by Crippen LogP contribution is -2.50. The number of hydrogen-bond acceptors (Lipinski definition) is 4. The highest BCUT2D eigenvalue weighted by molar-refractivity contribution is 7.89. The highest BCUT2D eigenvalue weighted by atomic mass is 35.5. The van der Waals surface area contributed by atoms with Gasteiger partial charge in [0.05, 0.1) is 24.7 Å². The van der Waals surface area contributed by atoms with Gasteiger partial charge in [-0.1, -0.05) is 23.7 Å². The number of rotatable bonds is 6. The predicted octanol–water partition coefficient (Wildman–Crippen LogP) is 3.71. The molecular formula is C18H20ClNO4S. The van der Waals surface area contributed by atoms with Crippen molar-refractivity contribution in [2.24, 2.45) is 0 Å². The van der Waals surface area contributed by atoms with Crippen molar-refractivity contribution in [3.63, 3.8) is 0 Å². The molecule has 3 rings (SSSR count). The Bertz CT molecular complexity index is 861. The largest absolute Gasteiger partial charge is 0.493 e. The monoisotopic (exact) mass is 381 g/mol. The summed E-state index contributed by atoms with van der Waals surface area (Å²) < 4.78 is 39.1. The van der Waals surface area contributed by atoms with Gasteiger partial charge in [0, 0.05) is 11.1 Å². The quantitative estimate of drug-likeness (QED) is 0.828. The van der Waals surface area contributed by atoms with Crippen LogP contribution in [0.2, 0.25) is 5.02 Å². The number of hydrogen-bond donors (Lipinski definition) is 1. The van der Waals surface area contributed by atoms with Crippen molar-refractivity contribution < 1.29 is 17.9 Å². The van der Waals surface area contributed by atoms with Crippen LogP contribution in [0, 0.1) is 0 Å². The number of ether oxygens (including phenoxy) is 2. The van der Waals surface area contributed by atoms with Gasteiger partial charge in [-0.3, -0.25) is 0 Å². The van der Waals surface area contributed by atoms with E-state index in [9.17, 15) is 8.42 Å². The van der Waals surface area contributed by atoms with E-state index < -0.39 is 15.6 Å². The Morgan fingerprint density at radius 2 is 1.64 bits per heavy atom. The normalized spacial score (nSPS) is 16.1. The van der Waals surface area contributed by atoms with E-state index in [4.69, 9.17) is 21.1 Å². The molecule has 0 bridgehead atoms. The molecule has 1 aliphatic carbocycles. The summed E-state index contributed by atoms with van der Waals surface area (Å²) in [6, 6.07) is 11.9. The summed E-state index contributed by atoms with van der Waals surface area (Å²) in [6.07, 6.45) is 2.47. The van der Waals surface area contributed by atoms with Crippen molar-refractivity contribution in [3.8, 4) is 11.5 Å². The van der Waals surface area contributed by atoms with Gasteiger partial charge in [0.15, 0.2) is 11.5 Å². The number of sulfonamides is 1. The molecule has 1 saturated carbocycles. The van der Waals surface area contributed by atoms with Gasteiger partial charge in [-0.2, -0.15) is 0 Å². The van der Waals surface area contributed by atoms with Crippen LogP contribution in [0.5, 0.6) is 11.5 Å². The minimum atomic E-state index is -3.71. The molecule has 134 valence electrons. The summed E-state index contributed by atoms with van der Waals surface area (Å²) in [6.45, 7) is 0. The van der Waals surface area contributed by atoms with Gasteiger partial charge < -0.3 is 9.47 Å². The van der Waals surface area contributed by atoms with E-state index >= 15 is 0 Å². The first-order valence-corrected chi connectivity index (χ1v) is 9.78. The van der Waals surface area contributed by atoms with Gasteiger partial charge in [0.25, 0.3) is 0 Å². The Kier molecular flexibility index (Phi) is 4.95. The molecule has 0 aliphatic heterocycles. The number of methoxy groups -OCH3 is 2. The van der Waals surface area contributed by atoms with Crippen LogP contribution in [0.3, 0.4) is 0 Å². The lowest BCUT2D eigenvalue weighted by molar-refractivity contribution is 0.224. The first kappa shape index (κ1) is 18.0. The zero-order valence-corrected chi connectivity index (χ0v) is 15.7. The van der Waals surface area contributed by atoms with Crippen LogP contribution in [-0.2, 0) is 15.6 Å². The fourth-order valence-corrected chi connectivity index (χ4v) is 4.64. The Morgan fingerprint density at radius 3 is 2.16 bits per heavy atom. The molecule has 0 aromatic heterocycles. The van der Waals surface area contributed by atoms with Crippen LogP contribution in [-0.4, -0.2) is 22.6 Å². The number of benzene rings is 2. The van der Waals surface area contributed by atoms with E-state index in [0.717, 1.165) is 24.8 Å². The van der Waals surface area contributed by atoms with Gasteiger partial charge in [-0.15, -0.1) is 0 Å². The summed E-state index contributed by atoms with van der Waals surface area (Å²) in [5.41, 5.74) is 0.337. The highest BCUT2D eigenvalue weighted by Crippen LogP contribution is 2.43. The fraction of sp³-hybridized carbons (Fsp3) is 0.333. The van der Waals surface area contributed by atoms with Crippen LogP contribution in [0.1, 0.15) is 24.8 Å². The van der Waals surface area contributed by atoms with Gasteiger partial charge in [0.2, 0.25) is 10.0 Å². The molecule has 0 radical (unpaired) electrons. The molecule has 0 amide bonds. The Morgan fingerprint density at radius 1 is 1.00 bits per heavy atom. The highest BCUT2D eigenvalue weighted by Gasteiger charge is 2.42. The molecule has 0 saturated heterocycles. The predicted molar refractivity (Wildman–Crippen MR) is 96.8 cm³/mol. The van der Waals surface area contributed by atoms with Crippen molar-refractivity contribution >= 4 is 21.6 Å². The molecule has 2 aromatic rings. The fourth-order valence-electron chi connectivity index (χ4n) is 3.05. The standard InChI is InChI=1S/C18H20ClNO4S/c1-23-16-9-8-15(12-17(16)24-2)25(21,22)20-18(10-3-11-18)13-4-6-14(19)7-5-13/h4-9,12,20H,3,10-11H2,1-2H3. The third kappa shape index (κ3) is 3.47. The van der Waals surface area contributed by atoms with Crippen LogP contribution in [0.4, 0.5) is 0 Å². The molecule has 0 heterocycles. The lowest BCUT2D eigenvalue weighted by Gasteiger charge is -2.42. The molecular weight excluding hydrogens is 362 g/mol. The molecule has 7 heteroatoms. The molecule has 1 fully saturated rings. The second-order valence-corrected chi connectivity index (χ2v) is 8.18. The molecule has 2 aromatic carbocycles. The van der Waals surface area contributed by atoms with E-state index in [1.165, 1.54) is 26.4 Å². The van der Waals surface area contributed by atoms with Gasteiger partial charge in [-0.05, 0) is 49.1 Å². The molecule has 1 aliphatic rings. The van der Waals surface area contributed by atoms with Crippen LogP contribution >= 0.6 is 11.6 Å². The third-order valence-corrected chi connectivity index (χ3v) is 6.38. The van der Waals surface area contributed by atoms with Crippen LogP contribution < -0.4 is 14.2 Å². The molecule has 25 heavy (non-hydrogen) atoms.